The SMILES string of the molecule is CCc1cc(CC(C)(O)COC)n(C)n1. The average Bonchev–Trinajstić information content (AvgIpc) is 2.46. The van der Waals surface area contributed by atoms with Crippen molar-refractivity contribution in [3.8, 4) is 0 Å². The molecule has 0 aliphatic heterocycles. The summed E-state index contributed by atoms with van der Waals surface area (Å²) in [5.74, 6) is 0. The number of aromatic nitrogens is 2. The molecular formula is C11H20N2O2. The zero-order chi connectivity index (χ0) is 11.5. The third-order valence-corrected chi connectivity index (χ3v) is 2.41. The Balaban J connectivity index is 2.75. The lowest BCUT2D eigenvalue weighted by atomic mass is 10.0. The van der Waals surface area contributed by atoms with Gasteiger partial charge in [0, 0.05) is 26.3 Å². The van der Waals surface area contributed by atoms with Gasteiger partial charge in [0.15, 0.2) is 0 Å². The first kappa shape index (κ1) is 12.2. The summed E-state index contributed by atoms with van der Waals surface area (Å²) in [5, 5.41) is 14.3. The highest BCUT2D eigenvalue weighted by Gasteiger charge is 2.22. The fourth-order valence-electron chi connectivity index (χ4n) is 1.66. The molecule has 0 fully saturated rings. The van der Waals surface area contributed by atoms with Crippen LogP contribution in [0, 0.1) is 0 Å². The predicted molar refractivity (Wildman–Crippen MR) is 58.8 cm³/mol. The van der Waals surface area contributed by atoms with Crippen LogP contribution in [0.25, 0.3) is 0 Å². The van der Waals surface area contributed by atoms with Gasteiger partial charge in [-0.3, -0.25) is 4.68 Å². The average molecular weight is 212 g/mol. The first-order valence-electron chi connectivity index (χ1n) is 5.21. The number of hydrogen-bond donors (Lipinski definition) is 1. The molecule has 86 valence electrons. The van der Waals surface area contributed by atoms with E-state index in [9.17, 15) is 5.11 Å². The topological polar surface area (TPSA) is 47.3 Å². The number of ether oxygens (including phenoxy) is 1. The Morgan fingerprint density at radius 1 is 1.60 bits per heavy atom. The van der Waals surface area contributed by atoms with E-state index < -0.39 is 5.60 Å². The molecule has 0 aromatic carbocycles. The van der Waals surface area contributed by atoms with Crippen molar-refractivity contribution in [1.82, 2.24) is 9.78 Å². The Kier molecular flexibility index (Phi) is 3.88. The van der Waals surface area contributed by atoms with Crippen molar-refractivity contribution in [2.24, 2.45) is 7.05 Å². The van der Waals surface area contributed by atoms with Crippen LogP contribution in [0.4, 0.5) is 0 Å². The van der Waals surface area contributed by atoms with Crippen LogP contribution in [-0.2, 0) is 24.6 Å². The Morgan fingerprint density at radius 3 is 2.73 bits per heavy atom. The molecule has 1 aromatic heterocycles. The molecule has 0 saturated heterocycles. The van der Waals surface area contributed by atoms with Crippen LogP contribution < -0.4 is 0 Å². The fraction of sp³-hybridized carbons (Fsp3) is 0.727. The lowest BCUT2D eigenvalue weighted by molar-refractivity contribution is -0.0172. The minimum atomic E-state index is -0.826. The molecule has 1 N–H and O–H groups in total. The Morgan fingerprint density at radius 2 is 2.27 bits per heavy atom. The quantitative estimate of drug-likeness (QED) is 0.789. The number of aliphatic hydroxyl groups is 1. The van der Waals surface area contributed by atoms with E-state index in [1.54, 1.807) is 14.0 Å². The normalized spacial score (nSPS) is 15.3. The van der Waals surface area contributed by atoms with Gasteiger partial charge in [0.2, 0.25) is 0 Å². The van der Waals surface area contributed by atoms with Gasteiger partial charge < -0.3 is 9.84 Å². The van der Waals surface area contributed by atoms with Gasteiger partial charge in [-0.25, -0.2) is 0 Å². The zero-order valence-corrected chi connectivity index (χ0v) is 9.95. The van der Waals surface area contributed by atoms with Crippen molar-refractivity contribution in [2.45, 2.75) is 32.3 Å². The highest BCUT2D eigenvalue weighted by atomic mass is 16.5. The summed E-state index contributed by atoms with van der Waals surface area (Å²) in [4.78, 5) is 0. The standard InChI is InChI=1S/C11H20N2O2/c1-5-9-6-10(13(3)12-9)7-11(2,14)8-15-4/h6,14H,5,7-8H2,1-4H3. The van der Waals surface area contributed by atoms with Crippen LogP contribution >= 0.6 is 0 Å². The molecule has 0 saturated carbocycles. The maximum Gasteiger partial charge on any atom is 0.0907 e. The Hall–Kier alpha value is -0.870. The van der Waals surface area contributed by atoms with Gasteiger partial charge >= 0.3 is 0 Å². The summed E-state index contributed by atoms with van der Waals surface area (Å²) in [6, 6.07) is 2.03. The first-order chi connectivity index (χ1) is 6.98. The van der Waals surface area contributed by atoms with Crippen molar-refractivity contribution in [3.05, 3.63) is 17.5 Å². The molecule has 0 bridgehead atoms. The second-order valence-electron chi connectivity index (χ2n) is 4.21. The van der Waals surface area contributed by atoms with Crippen LogP contribution in [0.5, 0.6) is 0 Å². The molecule has 4 heteroatoms. The number of hydrogen-bond acceptors (Lipinski definition) is 3. The molecule has 1 unspecified atom stereocenters. The molecule has 1 rings (SSSR count). The van der Waals surface area contributed by atoms with Gasteiger partial charge in [0.25, 0.3) is 0 Å². The Labute approximate surface area is 90.9 Å². The molecule has 15 heavy (non-hydrogen) atoms. The van der Waals surface area contributed by atoms with Gasteiger partial charge in [-0.2, -0.15) is 5.10 Å². The van der Waals surface area contributed by atoms with E-state index in [-0.39, 0.29) is 0 Å². The van der Waals surface area contributed by atoms with E-state index >= 15 is 0 Å². The van der Waals surface area contributed by atoms with E-state index in [0.29, 0.717) is 13.0 Å². The second-order valence-corrected chi connectivity index (χ2v) is 4.21. The van der Waals surface area contributed by atoms with Crippen molar-refractivity contribution >= 4 is 0 Å². The molecule has 0 aliphatic carbocycles. The van der Waals surface area contributed by atoms with Gasteiger partial charge in [-0.1, -0.05) is 6.92 Å². The van der Waals surface area contributed by atoms with Gasteiger partial charge in [-0.05, 0) is 19.4 Å². The first-order valence-corrected chi connectivity index (χ1v) is 5.21. The maximum atomic E-state index is 10.0. The zero-order valence-electron chi connectivity index (χ0n) is 9.95. The van der Waals surface area contributed by atoms with Crippen LogP contribution in [0.1, 0.15) is 25.2 Å². The van der Waals surface area contributed by atoms with Gasteiger partial charge in [0.1, 0.15) is 0 Å². The van der Waals surface area contributed by atoms with E-state index in [4.69, 9.17) is 4.74 Å². The van der Waals surface area contributed by atoms with Crippen LogP contribution in [0.15, 0.2) is 6.07 Å². The maximum absolute atomic E-state index is 10.0. The van der Waals surface area contributed by atoms with Crippen LogP contribution in [-0.4, -0.2) is 34.2 Å². The Bertz CT molecular complexity index is 318. The molecule has 1 heterocycles. The summed E-state index contributed by atoms with van der Waals surface area (Å²) < 4.78 is 6.79. The summed E-state index contributed by atoms with van der Waals surface area (Å²) in [6.07, 6.45) is 1.48. The lowest BCUT2D eigenvalue weighted by Crippen LogP contribution is -2.33. The second kappa shape index (κ2) is 4.77. The van der Waals surface area contributed by atoms with E-state index in [0.717, 1.165) is 17.8 Å². The smallest absolute Gasteiger partial charge is 0.0907 e. The van der Waals surface area contributed by atoms with Gasteiger partial charge in [0.05, 0.1) is 17.9 Å². The molecule has 0 aliphatic rings. The number of rotatable bonds is 5. The minimum Gasteiger partial charge on any atom is -0.387 e. The summed E-state index contributed by atoms with van der Waals surface area (Å²) in [7, 11) is 3.49. The molecule has 1 atom stereocenters. The number of nitrogens with zero attached hydrogens (tertiary/aromatic N) is 2. The lowest BCUT2D eigenvalue weighted by Gasteiger charge is -2.21. The molecule has 0 amide bonds. The van der Waals surface area contributed by atoms with E-state index in [2.05, 4.69) is 12.0 Å². The largest absolute Gasteiger partial charge is 0.387 e. The summed E-state index contributed by atoms with van der Waals surface area (Å²) in [5.41, 5.74) is 1.27. The summed E-state index contributed by atoms with van der Waals surface area (Å²) in [6.45, 7) is 4.17. The van der Waals surface area contributed by atoms with E-state index in [1.807, 2.05) is 17.8 Å². The fourth-order valence-corrected chi connectivity index (χ4v) is 1.66. The molecule has 1 aromatic rings. The molecule has 0 radical (unpaired) electrons. The third-order valence-electron chi connectivity index (χ3n) is 2.41. The highest BCUT2D eigenvalue weighted by molar-refractivity contribution is 5.12. The van der Waals surface area contributed by atoms with Crippen molar-refractivity contribution in [1.29, 1.82) is 0 Å². The van der Waals surface area contributed by atoms with Crippen LogP contribution in [0.2, 0.25) is 0 Å². The van der Waals surface area contributed by atoms with Crippen molar-refractivity contribution < 1.29 is 9.84 Å². The highest BCUT2D eigenvalue weighted by Crippen LogP contribution is 2.14. The monoisotopic (exact) mass is 212 g/mol. The van der Waals surface area contributed by atoms with Crippen molar-refractivity contribution in [2.75, 3.05) is 13.7 Å². The molecular weight excluding hydrogens is 192 g/mol. The number of aryl methyl sites for hydroxylation is 2. The molecule has 4 nitrogen and oxygen atoms in total. The third kappa shape index (κ3) is 3.32. The van der Waals surface area contributed by atoms with Crippen molar-refractivity contribution in [3.63, 3.8) is 0 Å². The molecule has 0 spiro atoms. The van der Waals surface area contributed by atoms with E-state index in [1.165, 1.54) is 0 Å². The van der Waals surface area contributed by atoms with Crippen LogP contribution in [0.3, 0.4) is 0 Å². The van der Waals surface area contributed by atoms with Gasteiger partial charge in [-0.15, -0.1) is 0 Å². The summed E-state index contributed by atoms with van der Waals surface area (Å²) >= 11 is 0. The predicted octanol–water partition coefficient (Wildman–Crippen LogP) is 0.922. The number of methoxy groups -OCH3 is 1. The minimum absolute atomic E-state index is 0.333.